The van der Waals surface area contributed by atoms with E-state index in [0.29, 0.717) is 11.4 Å². The molecule has 0 radical (unpaired) electrons. The molecule has 0 unspecified atom stereocenters. The van der Waals surface area contributed by atoms with Gasteiger partial charge in [0, 0.05) is 28.0 Å². The number of nitrogens with one attached hydrogen (secondary N) is 1. The summed E-state index contributed by atoms with van der Waals surface area (Å²) in [6.07, 6.45) is 0. The highest BCUT2D eigenvalue weighted by molar-refractivity contribution is 7.98. The molecule has 1 N–H and O–H groups in total. The highest BCUT2D eigenvalue weighted by Crippen LogP contribution is 2.27. The van der Waals surface area contributed by atoms with E-state index in [1.165, 1.54) is 4.52 Å². The van der Waals surface area contributed by atoms with Crippen LogP contribution >= 0.6 is 11.8 Å². The fraction of sp³-hybridized carbons (Fsp3) is 0.100. The molecule has 0 aliphatic heterocycles. The maximum Gasteiger partial charge on any atom is 0.272 e. The fourth-order valence-corrected chi connectivity index (χ4v) is 3.71. The lowest BCUT2D eigenvalue weighted by Crippen LogP contribution is -2.15. The molecule has 4 rings (SSSR count). The van der Waals surface area contributed by atoms with Crippen LogP contribution in [0.15, 0.2) is 76.4 Å². The van der Waals surface area contributed by atoms with Gasteiger partial charge >= 0.3 is 0 Å². The van der Waals surface area contributed by atoms with Crippen LogP contribution in [0.1, 0.15) is 11.4 Å². The van der Waals surface area contributed by atoms with E-state index in [2.05, 4.69) is 17.2 Å². The molecule has 0 atom stereocenters. The van der Waals surface area contributed by atoms with E-state index >= 15 is 0 Å². The number of thioether (sulfide) groups is 1. The maximum absolute atomic E-state index is 12.5. The third-order valence-corrected chi connectivity index (χ3v) is 5.09. The van der Waals surface area contributed by atoms with E-state index in [0.717, 1.165) is 27.4 Å². The van der Waals surface area contributed by atoms with Gasteiger partial charge in [0.25, 0.3) is 5.56 Å². The Morgan fingerprint density at radius 2 is 1.72 bits per heavy atom. The molecule has 124 valence electrons. The first-order chi connectivity index (χ1) is 12.2. The zero-order chi connectivity index (χ0) is 17.2. The summed E-state index contributed by atoms with van der Waals surface area (Å²) in [6, 6.07) is 21.8. The van der Waals surface area contributed by atoms with Gasteiger partial charge in [-0.25, -0.2) is 9.50 Å². The molecule has 5 heteroatoms. The van der Waals surface area contributed by atoms with Crippen LogP contribution in [0.5, 0.6) is 0 Å². The standard InChI is InChI=1S/C20H17N3OS/c1-14-19(15-8-4-2-5-9-15)20-21-16(12-18(24)23(20)22-14)13-25-17-10-6-3-7-11-17/h2-12,22H,13H2,1H3. The van der Waals surface area contributed by atoms with Crippen molar-refractivity contribution in [3.8, 4) is 11.1 Å². The van der Waals surface area contributed by atoms with Gasteiger partial charge in [-0.1, -0.05) is 48.5 Å². The molecule has 0 saturated carbocycles. The third kappa shape index (κ3) is 3.10. The fourth-order valence-electron chi connectivity index (χ4n) is 2.90. The average Bonchev–Trinajstić information content (AvgIpc) is 2.98. The molecular weight excluding hydrogens is 330 g/mol. The van der Waals surface area contributed by atoms with Gasteiger partial charge in [-0.3, -0.25) is 9.89 Å². The summed E-state index contributed by atoms with van der Waals surface area (Å²) >= 11 is 1.68. The van der Waals surface area contributed by atoms with Crippen molar-refractivity contribution >= 4 is 17.4 Å². The van der Waals surface area contributed by atoms with Crippen LogP contribution in [-0.2, 0) is 5.75 Å². The van der Waals surface area contributed by atoms with Crippen LogP contribution < -0.4 is 5.56 Å². The average molecular weight is 347 g/mol. The molecular formula is C20H17N3OS. The Hall–Kier alpha value is -2.79. The zero-order valence-corrected chi connectivity index (χ0v) is 14.6. The van der Waals surface area contributed by atoms with E-state index in [1.54, 1.807) is 17.8 Å². The lowest BCUT2D eigenvalue weighted by Gasteiger charge is -2.04. The Labute approximate surface area is 149 Å². The van der Waals surface area contributed by atoms with Crippen LogP contribution in [0, 0.1) is 6.92 Å². The molecule has 4 nitrogen and oxygen atoms in total. The van der Waals surface area contributed by atoms with Crippen molar-refractivity contribution in [3.63, 3.8) is 0 Å². The van der Waals surface area contributed by atoms with Gasteiger partial charge in [0.1, 0.15) is 0 Å². The summed E-state index contributed by atoms with van der Waals surface area (Å²) < 4.78 is 1.52. The molecule has 2 aromatic carbocycles. The number of aryl methyl sites for hydroxylation is 1. The molecule has 0 aliphatic carbocycles. The van der Waals surface area contributed by atoms with Crippen molar-refractivity contribution in [2.75, 3.05) is 0 Å². The minimum Gasteiger partial charge on any atom is -0.293 e. The van der Waals surface area contributed by atoms with Crippen molar-refractivity contribution in [2.24, 2.45) is 0 Å². The monoisotopic (exact) mass is 347 g/mol. The van der Waals surface area contributed by atoms with Crippen LogP contribution in [0.25, 0.3) is 16.8 Å². The molecule has 0 amide bonds. The molecule has 4 aromatic rings. The van der Waals surface area contributed by atoms with E-state index in [4.69, 9.17) is 4.98 Å². The van der Waals surface area contributed by atoms with Gasteiger partial charge < -0.3 is 0 Å². The number of rotatable bonds is 4. The van der Waals surface area contributed by atoms with Gasteiger partial charge in [-0.05, 0) is 24.6 Å². The van der Waals surface area contributed by atoms with Gasteiger partial charge in [-0.2, -0.15) is 0 Å². The highest BCUT2D eigenvalue weighted by atomic mass is 32.2. The summed E-state index contributed by atoms with van der Waals surface area (Å²) in [6.45, 7) is 1.97. The van der Waals surface area contributed by atoms with Gasteiger partial charge in [0.15, 0.2) is 5.65 Å². The summed E-state index contributed by atoms with van der Waals surface area (Å²) in [7, 11) is 0. The summed E-state index contributed by atoms with van der Waals surface area (Å²) in [4.78, 5) is 18.4. The van der Waals surface area contributed by atoms with E-state index in [9.17, 15) is 4.79 Å². The number of benzene rings is 2. The van der Waals surface area contributed by atoms with Gasteiger partial charge in [-0.15, -0.1) is 11.8 Å². The first-order valence-corrected chi connectivity index (χ1v) is 9.05. The lowest BCUT2D eigenvalue weighted by atomic mass is 10.1. The minimum absolute atomic E-state index is 0.0843. The molecule has 25 heavy (non-hydrogen) atoms. The predicted molar refractivity (Wildman–Crippen MR) is 102 cm³/mol. The number of aromatic amines is 1. The van der Waals surface area contributed by atoms with Crippen LogP contribution in [-0.4, -0.2) is 14.6 Å². The third-order valence-electron chi connectivity index (χ3n) is 4.04. The molecule has 0 fully saturated rings. The Bertz CT molecular complexity index is 1070. The van der Waals surface area contributed by atoms with Crippen molar-refractivity contribution in [3.05, 3.63) is 88.5 Å². The molecule has 0 aliphatic rings. The van der Waals surface area contributed by atoms with Crippen LogP contribution in [0.2, 0.25) is 0 Å². The van der Waals surface area contributed by atoms with Crippen LogP contribution in [0.4, 0.5) is 0 Å². The summed E-state index contributed by atoms with van der Waals surface area (Å²) in [5.41, 5.74) is 4.35. The Kier molecular flexibility index (Phi) is 4.15. The zero-order valence-electron chi connectivity index (χ0n) is 13.8. The first kappa shape index (κ1) is 15.7. The second kappa shape index (κ2) is 6.61. The quantitative estimate of drug-likeness (QED) is 0.560. The Morgan fingerprint density at radius 1 is 1.04 bits per heavy atom. The van der Waals surface area contributed by atoms with Crippen LogP contribution in [0.3, 0.4) is 0 Å². The summed E-state index contributed by atoms with van der Waals surface area (Å²) in [5, 5.41) is 3.13. The van der Waals surface area contributed by atoms with E-state index < -0.39 is 0 Å². The number of hydrogen-bond donors (Lipinski definition) is 1. The van der Waals surface area contributed by atoms with Crippen molar-refractivity contribution in [1.82, 2.24) is 14.6 Å². The predicted octanol–water partition coefficient (Wildman–Crippen LogP) is 4.29. The number of fused-ring (bicyclic) bond motifs is 1. The molecule has 2 heterocycles. The minimum atomic E-state index is -0.0843. The Morgan fingerprint density at radius 3 is 2.44 bits per heavy atom. The van der Waals surface area contributed by atoms with Gasteiger partial charge in [0.05, 0.1) is 5.69 Å². The number of hydrogen-bond acceptors (Lipinski definition) is 3. The van der Waals surface area contributed by atoms with Crippen molar-refractivity contribution < 1.29 is 0 Å². The van der Waals surface area contributed by atoms with Crippen molar-refractivity contribution in [2.45, 2.75) is 17.6 Å². The Balaban J connectivity index is 1.77. The number of H-pyrrole nitrogens is 1. The first-order valence-electron chi connectivity index (χ1n) is 8.07. The maximum atomic E-state index is 12.5. The van der Waals surface area contributed by atoms with Gasteiger partial charge in [0.2, 0.25) is 0 Å². The molecule has 0 spiro atoms. The topological polar surface area (TPSA) is 50.2 Å². The number of nitrogens with zero attached hydrogens (tertiary/aromatic N) is 2. The SMILES string of the molecule is Cc1[nH]n2c(=O)cc(CSc3ccccc3)nc2c1-c1ccccc1. The van der Waals surface area contributed by atoms with Crippen molar-refractivity contribution in [1.29, 1.82) is 0 Å². The second-order valence-electron chi connectivity index (χ2n) is 5.82. The summed E-state index contributed by atoms with van der Waals surface area (Å²) in [5.74, 6) is 0.661. The second-order valence-corrected chi connectivity index (χ2v) is 6.87. The molecule has 2 aromatic heterocycles. The lowest BCUT2D eigenvalue weighted by molar-refractivity contribution is 0.872. The molecule has 0 saturated heterocycles. The molecule has 0 bridgehead atoms. The largest absolute Gasteiger partial charge is 0.293 e. The van der Waals surface area contributed by atoms with E-state index in [-0.39, 0.29) is 5.56 Å². The normalized spacial score (nSPS) is 11.1. The smallest absolute Gasteiger partial charge is 0.272 e. The number of aromatic nitrogens is 3. The highest BCUT2D eigenvalue weighted by Gasteiger charge is 2.14. The van der Waals surface area contributed by atoms with E-state index in [1.807, 2.05) is 55.5 Å².